The molecule has 0 bridgehead atoms. The van der Waals surface area contributed by atoms with Gasteiger partial charge in [-0.2, -0.15) is 18.3 Å². The standard InChI is InChI=1S/C15H10F3N3O4/c16-15(17,18)11(20-7-3-6-19-20)8-12(22)25-21-13(23)9-4-1-2-5-10(9)14(21)24/h1-7,11H,8H2. The Hall–Kier alpha value is -3.17. The highest BCUT2D eigenvalue weighted by Crippen LogP contribution is 2.33. The number of hydrogen-bond donors (Lipinski definition) is 0. The van der Waals surface area contributed by atoms with E-state index in [1.165, 1.54) is 30.3 Å². The number of aromatic nitrogens is 2. The van der Waals surface area contributed by atoms with Crippen LogP contribution >= 0.6 is 0 Å². The van der Waals surface area contributed by atoms with E-state index in [1.807, 2.05) is 0 Å². The number of rotatable bonds is 4. The van der Waals surface area contributed by atoms with Gasteiger partial charge in [0.25, 0.3) is 11.8 Å². The van der Waals surface area contributed by atoms with Gasteiger partial charge in [-0.3, -0.25) is 14.3 Å². The summed E-state index contributed by atoms with van der Waals surface area (Å²) >= 11 is 0. The van der Waals surface area contributed by atoms with E-state index in [4.69, 9.17) is 0 Å². The fourth-order valence-electron chi connectivity index (χ4n) is 2.37. The van der Waals surface area contributed by atoms with Gasteiger partial charge in [0.1, 0.15) is 0 Å². The molecule has 1 aromatic carbocycles. The number of carbonyl (C=O) groups excluding carboxylic acids is 3. The Balaban J connectivity index is 1.75. The highest BCUT2D eigenvalue weighted by molar-refractivity contribution is 6.20. The number of halogens is 3. The first-order valence-corrected chi connectivity index (χ1v) is 7.03. The molecule has 130 valence electrons. The third-order valence-electron chi connectivity index (χ3n) is 3.53. The highest BCUT2D eigenvalue weighted by Gasteiger charge is 2.45. The summed E-state index contributed by atoms with van der Waals surface area (Å²) in [5.41, 5.74) is 0.0273. The quantitative estimate of drug-likeness (QED) is 0.787. The van der Waals surface area contributed by atoms with Crippen molar-refractivity contribution in [1.82, 2.24) is 14.8 Å². The normalized spacial score (nSPS) is 15.2. The molecule has 3 rings (SSSR count). The van der Waals surface area contributed by atoms with E-state index < -0.39 is 36.4 Å². The van der Waals surface area contributed by atoms with Crippen molar-refractivity contribution >= 4 is 17.8 Å². The Morgan fingerprint density at radius 1 is 1.12 bits per heavy atom. The number of imide groups is 1. The Morgan fingerprint density at radius 3 is 2.20 bits per heavy atom. The molecule has 2 heterocycles. The van der Waals surface area contributed by atoms with Crippen molar-refractivity contribution in [3.05, 3.63) is 53.9 Å². The zero-order valence-electron chi connectivity index (χ0n) is 12.4. The van der Waals surface area contributed by atoms with Crippen molar-refractivity contribution < 1.29 is 32.4 Å². The first-order valence-electron chi connectivity index (χ1n) is 7.03. The van der Waals surface area contributed by atoms with Crippen LogP contribution in [0.15, 0.2) is 42.7 Å². The van der Waals surface area contributed by atoms with Gasteiger partial charge in [-0.15, -0.1) is 0 Å². The first-order chi connectivity index (χ1) is 11.8. The van der Waals surface area contributed by atoms with Gasteiger partial charge in [0.05, 0.1) is 17.5 Å². The van der Waals surface area contributed by atoms with Crippen LogP contribution in [0, 0.1) is 0 Å². The van der Waals surface area contributed by atoms with E-state index in [1.54, 1.807) is 0 Å². The van der Waals surface area contributed by atoms with Crippen LogP contribution in [0.2, 0.25) is 0 Å². The summed E-state index contributed by atoms with van der Waals surface area (Å²) in [6, 6.07) is 4.72. The number of amides is 2. The Morgan fingerprint density at radius 2 is 1.72 bits per heavy atom. The third kappa shape index (κ3) is 3.10. The molecule has 0 saturated carbocycles. The van der Waals surface area contributed by atoms with Gasteiger partial charge < -0.3 is 4.84 Å². The van der Waals surface area contributed by atoms with E-state index in [9.17, 15) is 27.6 Å². The largest absolute Gasteiger partial charge is 0.411 e. The zero-order valence-corrected chi connectivity index (χ0v) is 12.4. The number of benzene rings is 1. The summed E-state index contributed by atoms with van der Waals surface area (Å²) in [5, 5.41) is 3.64. The summed E-state index contributed by atoms with van der Waals surface area (Å²) in [6.45, 7) is 0. The summed E-state index contributed by atoms with van der Waals surface area (Å²) in [6.07, 6.45) is -3.73. The van der Waals surface area contributed by atoms with E-state index in [2.05, 4.69) is 9.94 Å². The molecule has 1 unspecified atom stereocenters. The van der Waals surface area contributed by atoms with Crippen LogP contribution in [0.4, 0.5) is 13.2 Å². The fourth-order valence-corrected chi connectivity index (χ4v) is 2.37. The monoisotopic (exact) mass is 353 g/mol. The molecule has 2 aromatic rings. The first kappa shape index (κ1) is 16.7. The maximum atomic E-state index is 13.1. The molecule has 2 amide bonds. The van der Waals surface area contributed by atoms with Gasteiger partial charge in [0, 0.05) is 12.4 Å². The van der Waals surface area contributed by atoms with Crippen LogP contribution in [0.3, 0.4) is 0 Å². The number of hydroxylamine groups is 2. The van der Waals surface area contributed by atoms with Crippen molar-refractivity contribution in [3.8, 4) is 0 Å². The van der Waals surface area contributed by atoms with Gasteiger partial charge in [0.15, 0.2) is 6.04 Å². The van der Waals surface area contributed by atoms with Crippen LogP contribution < -0.4 is 0 Å². The maximum Gasteiger partial charge on any atom is 0.411 e. The predicted octanol–water partition coefficient (Wildman–Crippen LogP) is 2.13. The molecular formula is C15H10F3N3O4. The molecular weight excluding hydrogens is 343 g/mol. The summed E-state index contributed by atoms with van der Waals surface area (Å²) < 4.78 is 39.9. The molecule has 1 atom stereocenters. The maximum absolute atomic E-state index is 13.1. The number of alkyl halides is 3. The topological polar surface area (TPSA) is 81.5 Å². The van der Waals surface area contributed by atoms with Crippen LogP contribution in [-0.2, 0) is 9.63 Å². The third-order valence-corrected chi connectivity index (χ3v) is 3.53. The van der Waals surface area contributed by atoms with E-state index in [0.29, 0.717) is 4.68 Å². The predicted molar refractivity (Wildman–Crippen MR) is 75.0 cm³/mol. The molecule has 1 aliphatic rings. The summed E-state index contributed by atoms with van der Waals surface area (Å²) in [5.74, 6) is -3.19. The number of fused-ring (bicyclic) bond motifs is 1. The van der Waals surface area contributed by atoms with Crippen LogP contribution in [0.1, 0.15) is 33.2 Å². The van der Waals surface area contributed by atoms with Crippen molar-refractivity contribution in [3.63, 3.8) is 0 Å². The molecule has 0 spiro atoms. The lowest BCUT2D eigenvalue weighted by Gasteiger charge is -2.20. The Bertz CT molecular complexity index is 798. The summed E-state index contributed by atoms with van der Waals surface area (Å²) in [4.78, 5) is 40.6. The number of hydrogen-bond acceptors (Lipinski definition) is 5. The Labute approximate surface area is 138 Å². The Kier molecular flexibility index (Phi) is 4.03. The minimum Gasteiger partial charge on any atom is -0.330 e. The lowest BCUT2D eigenvalue weighted by Crippen LogP contribution is -2.35. The average Bonchev–Trinajstić information content (AvgIpc) is 3.16. The van der Waals surface area contributed by atoms with Crippen molar-refractivity contribution in [2.75, 3.05) is 0 Å². The summed E-state index contributed by atoms with van der Waals surface area (Å²) in [7, 11) is 0. The fraction of sp³-hybridized carbons (Fsp3) is 0.200. The van der Waals surface area contributed by atoms with Crippen LogP contribution in [-0.4, -0.2) is 38.8 Å². The number of carbonyl (C=O) groups is 3. The minimum absolute atomic E-state index is 0.0137. The molecule has 0 radical (unpaired) electrons. The molecule has 0 N–H and O–H groups in total. The van der Waals surface area contributed by atoms with Gasteiger partial charge in [-0.05, 0) is 18.2 Å². The van der Waals surface area contributed by atoms with Crippen molar-refractivity contribution in [2.24, 2.45) is 0 Å². The molecule has 7 nitrogen and oxygen atoms in total. The second kappa shape index (κ2) is 6.04. The lowest BCUT2D eigenvalue weighted by atomic mass is 10.1. The van der Waals surface area contributed by atoms with E-state index in [0.717, 1.165) is 12.4 Å². The number of nitrogens with zero attached hydrogens (tertiary/aromatic N) is 3. The molecule has 0 saturated heterocycles. The second-order valence-electron chi connectivity index (χ2n) is 5.16. The van der Waals surface area contributed by atoms with E-state index in [-0.39, 0.29) is 16.2 Å². The van der Waals surface area contributed by atoms with E-state index >= 15 is 0 Å². The van der Waals surface area contributed by atoms with Gasteiger partial charge >= 0.3 is 12.1 Å². The lowest BCUT2D eigenvalue weighted by molar-refractivity contribution is -0.191. The second-order valence-corrected chi connectivity index (χ2v) is 5.16. The van der Waals surface area contributed by atoms with Crippen molar-refractivity contribution in [2.45, 2.75) is 18.6 Å². The minimum atomic E-state index is -4.77. The molecule has 1 aliphatic heterocycles. The van der Waals surface area contributed by atoms with Crippen LogP contribution in [0.5, 0.6) is 0 Å². The van der Waals surface area contributed by atoms with Gasteiger partial charge in [-0.1, -0.05) is 17.2 Å². The van der Waals surface area contributed by atoms with Crippen LogP contribution in [0.25, 0.3) is 0 Å². The SMILES string of the molecule is O=C(CC(n1cccn1)C(F)(F)F)ON1C(=O)c2ccccc2C1=O. The average molecular weight is 353 g/mol. The highest BCUT2D eigenvalue weighted by atomic mass is 19.4. The molecule has 0 aliphatic carbocycles. The zero-order chi connectivity index (χ0) is 18.2. The molecule has 10 heteroatoms. The molecule has 25 heavy (non-hydrogen) atoms. The van der Waals surface area contributed by atoms with Gasteiger partial charge in [0.2, 0.25) is 0 Å². The molecule has 1 aromatic heterocycles. The molecule has 0 fully saturated rings. The smallest absolute Gasteiger partial charge is 0.330 e. The van der Waals surface area contributed by atoms with Gasteiger partial charge in [-0.25, -0.2) is 4.79 Å². The van der Waals surface area contributed by atoms with Crippen molar-refractivity contribution in [1.29, 1.82) is 0 Å².